The van der Waals surface area contributed by atoms with Crippen molar-refractivity contribution in [3.63, 3.8) is 0 Å². The Morgan fingerprint density at radius 3 is 2.94 bits per heavy atom. The van der Waals surface area contributed by atoms with E-state index in [0.29, 0.717) is 17.1 Å². The molecule has 4 nitrogen and oxygen atoms in total. The van der Waals surface area contributed by atoms with Crippen molar-refractivity contribution in [3.05, 3.63) is 29.6 Å². The summed E-state index contributed by atoms with van der Waals surface area (Å²) in [5.74, 6) is -0.413. The highest BCUT2D eigenvalue weighted by Crippen LogP contribution is 2.35. The Kier molecular flexibility index (Phi) is 3.54. The van der Waals surface area contributed by atoms with Crippen LogP contribution >= 0.6 is 11.8 Å². The zero-order valence-electron chi connectivity index (χ0n) is 9.14. The van der Waals surface area contributed by atoms with E-state index in [2.05, 4.69) is 5.32 Å². The number of rotatable bonds is 3. The fraction of sp³-hybridized carbons (Fsp3) is 0.364. The van der Waals surface area contributed by atoms with Crippen molar-refractivity contribution in [1.82, 2.24) is 5.32 Å². The molecule has 0 spiro atoms. The summed E-state index contributed by atoms with van der Waals surface area (Å²) in [5, 5.41) is 11.4. The minimum Gasteiger partial charge on any atom is -0.497 e. The van der Waals surface area contributed by atoms with Crippen LogP contribution < -0.4 is 10.1 Å². The van der Waals surface area contributed by atoms with Crippen LogP contribution in [0, 0.1) is 5.82 Å². The monoisotopic (exact) mass is 257 g/mol. The summed E-state index contributed by atoms with van der Waals surface area (Å²) in [5.41, 5.74) is 0.458. The number of nitrogens with one attached hydrogen (secondary N) is 1. The molecule has 0 unspecified atom stereocenters. The van der Waals surface area contributed by atoms with Gasteiger partial charge in [-0.05, 0) is 12.1 Å². The molecule has 0 amide bonds. The second-order valence-electron chi connectivity index (χ2n) is 3.66. The Labute approximate surface area is 102 Å². The van der Waals surface area contributed by atoms with Gasteiger partial charge in [0.05, 0.1) is 12.5 Å². The fourth-order valence-corrected chi connectivity index (χ4v) is 2.90. The van der Waals surface area contributed by atoms with Crippen molar-refractivity contribution in [2.24, 2.45) is 0 Å². The predicted molar refractivity (Wildman–Crippen MR) is 62.7 cm³/mol. The number of carboxylic acids is 1. The molecule has 1 saturated heterocycles. The highest BCUT2D eigenvalue weighted by molar-refractivity contribution is 7.99. The molecule has 2 atom stereocenters. The minimum absolute atomic E-state index is 0.318. The van der Waals surface area contributed by atoms with Gasteiger partial charge in [0.25, 0.3) is 0 Å². The van der Waals surface area contributed by atoms with Crippen molar-refractivity contribution in [2.45, 2.75) is 11.4 Å². The van der Waals surface area contributed by atoms with Gasteiger partial charge in [-0.2, -0.15) is 0 Å². The van der Waals surface area contributed by atoms with Gasteiger partial charge in [-0.1, -0.05) is 0 Å². The average molecular weight is 257 g/mol. The van der Waals surface area contributed by atoms with Gasteiger partial charge in [-0.3, -0.25) is 10.1 Å². The number of carboxylic acid groups (broad SMARTS) is 1. The van der Waals surface area contributed by atoms with Crippen molar-refractivity contribution in [3.8, 4) is 5.75 Å². The number of ether oxygens (including phenoxy) is 1. The lowest BCUT2D eigenvalue weighted by molar-refractivity contribution is -0.138. The van der Waals surface area contributed by atoms with Crippen LogP contribution in [0.4, 0.5) is 4.39 Å². The van der Waals surface area contributed by atoms with Gasteiger partial charge >= 0.3 is 5.97 Å². The van der Waals surface area contributed by atoms with Crippen molar-refractivity contribution < 1.29 is 19.0 Å². The van der Waals surface area contributed by atoms with Gasteiger partial charge in [0.1, 0.15) is 17.6 Å². The van der Waals surface area contributed by atoms with E-state index in [-0.39, 0.29) is 11.2 Å². The molecule has 0 bridgehead atoms. The summed E-state index contributed by atoms with van der Waals surface area (Å²) >= 11 is 1.39. The molecule has 0 saturated carbocycles. The SMILES string of the molecule is COc1ccc([C@H]2N[C@H](C(=O)O)CS2)c(F)c1. The number of hydrogen-bond donors (Lipinski definition) is 2. The fourth-order valence-electron chi connectivity index (χ4n) is 1.64. The summed E-state index contributed by atoms with van der Waals surface area (Å²) in [7, 11) is 1.47. The van der Waals surface area contributed by atoms with Gasteiger partial charge in [0.15, 0.2) is 0 Å². The van der Waals surface area contributed by atoms with E-state index in [0.717, 1.165) is 0 Å². The van der Waals surface area contributed by atoms with Crippen LogP contribution in [0.5, 0.6) is 5.75 Å². The average Bonchev–Trinajstić information content (AvgIpc) is 2.78. The van der Waals surface area contributed by atoms with Crippen molar-refractivity contribution >= 4 is 17.7 Å². The summed E-state index contributed by atoms with van der Waals surface area (Å²) in [6.07, 6.45) is 0. The molecule has 1 heterocycles. The molecule has 1 aromatic carbocycles. The van der Waals surface area contributed by atoms with E-state index >= 15 is 0 Å². The van der Waals surface area contributed by atoms with Gasteiger partial charge < -0.3 is 9.84 Å². The quantitative estimate of drug-likeness (QED) is 0.861. The second-order valence-corrected chi connectivity index (χ2v) is 4.80. The molecule has 92 valence electrons. The van der Waals surface area contributed by atoms with Crippen LogP contribution in [0.3, 0.4) is 0 Å². The smallest absolute Gasteiger partial charge is 0.321 e. The zero-order chi connectivity index (χ0) is 12.4. The lowest BCUT2D eigenvalue weighted by Gasteiger charge is -2.13. The Bertz CT molecular complexity index is 441. The molecule has 2 rings (SSSR count). The number of methoxy groups -OCH3 is 1. The first kappa shape index (κ1) is 12.2. The number of benzene rings is 1. The highest BCUT2D eigenvalue weighted by Gasteiger charge is 2.31. The molecule has 1 aliphatic rings. The van der Waals surface area contributed by atoms with Crippen LogP contribution in [0.2, 0.25) is 0 Å². The van der Waals surface area contributed by atoms with Gasteiger partial charge in [0, 0.05) is 17.4 Å². The maximum absolute atomic E-state index is 13.7. The molecule has 0 aromatic heterocycles. The Balaban J connectivity index is 2.16. The second kappa shape index (κ2) is 4.93. The Hall–Kier alpha value is -1.27. The molecule has 0 aliphatic carbocycles. The summed E-state index contributed by atoms with van der Waals surface area (Å²) in [6.45, 7) is 0. The normalized spacial score (nSPS) is 23.6. The predicted octanol–water partition coefficient (Wildman–Crippen LogP) is 1.62. The highest BCUT2D eigenvalue weighted by atomic mass is 32.2. The number of aliphatic carboxylic acids is 1. The van der Waals surface area contributed by atoms with E-state index in [1.165, 1.54) is 24.9 Å². The largest absolute Gasteiger partial charge is 0.497 e. The third-order valence-corrected chi connectivity index (χ3v) is 3.82. The van der Waals surface area contributed by atoms with E-state index in [9.17, 15) is 9.18 Å². The first-order chi connectivity index (χ1) is 8.11. The van der Waals surface area contributed by atoms with Crippen molar-refractivity contribution in [1.29, 1.82) is 0 Å². The maximum atomic E-state index is 13.7. The van der Waals surface area contributed by atoms with E-state index in [1.54, 1.807) is 12.1 Å². The molecule has 17 heavy (non-hydrogen) atoms. The first-order valence-electron chi connectivity index (χ1n) is 5.05. The lowest BCUT2D eigenvalue weighted by Crippen LogP contribution is -2.33. The van der Waals surface area contributed by atoms with Gasteiger partial charge in [-0.15, -0.1) is 11.8 Å². The standard InChI is InChI=1S/C11H12FNO3S/c1-16-6-2-3-7(8(12)4-6)10-13-9(5-17-10)11(14)15/h2-4,9-10,13H,5H2,1H3,(H,14,15)/t9-,10-/m0/s1. The molecule has 1 fully saturated rings. The van der Waals surface area contributed by atoms with Crippen LogP contribution in [0.1, 0.15) is 10.9 Å². The molecular weight excluding hydrogens is 245 g/mol. The minimum atomic E-state index is -0.908. The number of halogens is 1. The molecular formula is C11H12FNO3S. The molecule has 0 radical (unpaired) electrons. The van der Waals surface area contributed by atoms with Crippen LogP contribution in [0.15, 0.2) is 18.2 Å². The van der Waals surface area contributed by atoms with Gasteiger partial charge in [0.2, 0.25) is 0 Å². The summed E-state index contributed by atoms with van der Waals surface area (Å²) in [6, 6.07) is 3.95. The summed E-state index contributed by atoms with van der Waals surface area (Å²) < 4.78 is 18.6. The summed E-state index contributed by atoms with van der Waals surface area (Å²) in [4.78, 5) is 10.8. The molecule has 6 heteroatoms. The lowest BCUT2D eigenvalue weighted by atomic mass is 10.2. The first-order valence-corrected chi connectivity index (χ1v) is 6.10. The van der Waals surface area contributed by atoms with Gasteiger partial charge in [-0.25, -0.2) is 4.39 Å². The third kappa shape index (κ3) is 2.53. The van der Waals surface area contributed by atoms with E-state index < -0.39 is 12.0 Å². The van der Waals surface area contributed by atoms with E-state index in [1.807, 2.05) is 0 Å². The van der Waals surface area contributed by atoms with Crippen LogP contribution in [0.25, 0.3) is 0 Å². The molecule has 2 N–H and O–H groups in total. The van der Waals surface area contributed by atoms with E-state index in [4.69, 9.17) is 9.84 Å². The molecule has 1 aromatic rings. The maximum Gasteiger partial charge on any atom is 0.321 e. The Morgan fingerprint density at radius 2 is 2.41 bits per heavy atom. The van der Waals surface area contributed by atoms with Crippen LogP contribution in [-0.4, -0.2) is 30.0 Å². The number of hydrogen-bond acceptors (Lipinski definition) is 4. The number of thioether (sulfide) groups is 1. The zero-order valence-corrected chi connectivity index (χ0v) is 9.96. The van der Waals surface area contributed by atoms with Crippen molar-refractivity contribution in [2.75, 3.05) is 12.9 Å². The Morgan fingerprint density at radius 1 is 1.65 bits per heavy atom. The number of carbonyl (C=O) groups is 1. The third-order valence-electron chi connectivity index (χ3n) is 2.57. The molecule has 1 aliphatic heterocycles. The topological polar surface area (TPSA) is 58.6 Å². The van der Waals surface area contributed by atoms with Crippen LogP contribution in [-0.2, 0) is 4.79 Å².